The third kappa shape index (κ3) is 4.23. The normalized spacial score (nSPS) is 14.4. The number of aromatic nitrogens is 4. The van der Waals surface area contributed by atoms with Crippen LogP contribution in [-0.2, 0) is 6.42 Å². The topological polar surface area (TPSA) is 67.2 Å². The zero-order valence-electron chi connectivity index (χ0n) is 19.2. The molecular weight excluding hydrogens is 431 g/mol. The first-order valence-corrected chi connectivity index (χ1v) is 11.7. The van der Waals surface area contributed by atoms with Crippen LogP contribution in [0.15, 0.2) is 60.8 Å². The second-order valence-electron chi connectivity index (χ2n) is 8.46. The lowest BCUT2D eigenvalue weighted by Gasteiger charge is -2.24. The Bertz CT molecular complexity index is 1310. The third-order valence-corrected chi connectivity index (χ3v) is 6.12. The summed E-state index contributed by atoms with van der Waals surface area (Å²) in [5, 5.41) is 5.51. The van der Waals surface area contributed by atoms with Crippen LogP contribution in [0.5, 0.6) is 0 Å². The minimum atomic E-state index is -0.483. The van der Waals surface area contributed by atoms with Crippen molar-refractivity contribution in [3.8, 4) is 5.69 Å². The van der Waals surface area contributed by atoms with Gasteiger partial charge in [0.15, 0.2) is 5.65 Å². The van der Waals surface area contributed by atoms with E-state index in [2.05, 4.69) is 16.9 Å². The maximum Gasteiger partial charge on any atom is 0.256 e. The molecule has 1 fully saturated rings. The van der Waals surface area contributed by atoms with Crippen molar-refractivity contribution < 1.29 is 9.18 Å². The Hall–Kier alpha value is -3.81. The minimum absolute atomic E-state index is 0.120. The molecule has 8 heteroatoms. The highest BCUT2D eigenvalue weighted by atomic mass is 19.1. The first-order chi connectivity index (χ1) is 16.7. The summed E-state index contributed by atoms with van der Waals surface area (Å²) in [6.45, 7) is 4.53. The van der Waals surface area contributed by atoms with Gasteiger partial charge in [-0.1, -0.05) is 37.3 Å². The Kier molecular flexibility index (Phi) is 6.20. The molecule has 2 aromatic carbocycles. The molecule has 5 rings (SSSR count). The van der Waals surface area contributed by atoms with Gasteiger partial charge in [0.2, 0.25) is 0 Å². The molecule has 34 heavy (non-hydrogen) atoms. The number of carbonyl (C=O) groups is 1. The first kappa shape index (κ1) is 22.0. The zero-order valence-corrected chi connectivity index (χ0v) is 19.2. The van der Waals surface area contributed by atoms with E-state index in [1.807, 2.05) is 41.2 Å². The molecule has 1 aliphatic heterocycles. The lowest BCUT2D eigenvalue weighted by molar-refractivity contribution is 0.0762. The molecule has 0 aliphatic carbocycles. The van der Waals surface area contributed by atoms with Crippen molar-refractivity contribution in [3.05, 3.63) is 78.0 Å². The first-order valence-electron chi connectivity index (χ1n) is 11.7. The van der Waals surface area contributed by atoms with Gasteiger partial charge < -0.3 is 9.80 Å². The summed E-state index contributed by atoms with van der Waals surface area (Å²) in [5.74, 6) is 0.877. The fourth-order valence-electron chi connectivity index (χ4n) is 4.41. The van der Waals surface area contributed by atoms with Gasteiger partial charge in [-0.05, 0) is 37.1 Å². The van der Waals surface area contributed by atoms with E-state index < -0.39 is 5.82 Å². The van der Waals surface area contributed by atoms with E-state index in [1.165, 1.54) is 6.07 Å². The number of hydrogen-bond acceptors (Lipinski definition) is 5. The van der Waals surface area contributed by atoms with Crippen LogP contribution < -0.4 is 4.90 Å². The van der Waals surface area contributed by atoms with Gasteiger partial charge in [0, 0.05) is 32.6 Å². The van der Waals surface area contributed by atoms with Crippen molar-refractivity contribution in [2.45, 2.75) is 26.2 Å². The number of rotatable bonds is 5. The molecule has 174 valence electrons. The molecule has 7 nitrogen and oxygen atoms in total. The molecule has 1 aliphatic rings. The molecule has 0 saturated carbocycles. The highest BCUT2D eigenvalue weighted by Gasteiger charge is 2.25. The van der Waals surface area contributed by atoms with E-state index in [0.717, 1.165) is 54.2 Å². The third-order valence-electron chi connectivity index (χ3n) is 6.12. The van der Waals surface area contributed by atoms with Gasteiger partial charge in [-0.3, -0.25) is 4.79 Å². The number of fused-ring (bicyclic) bond motifs is 1. The average molecular weight is 459 g/mol. The minimum Gasteiger partial charge on any atom is -0.354 e. The Balaban J connectivity index is 1.46. The van der Waals surface area contributed by atoms with Crippen LogP contribution in [0.4, 0.5) is 10.2 Å². The van der Waals surface area contributed by atoms with Crippen LogP contribution in [0.2, 0.25) is 0 Å². The predicted octanol–water partition coefficient (Wildman–Crippen LogP) is 4.26. The molecule has 0 atom stereocenters. The molecule has 4 aromatic rings. The van der Waals surface area contributed by atoms with Crippen LogP contribution in [0.3, 0.4) is 0 Å². The number of para-hydroxylation sites is 1. The summed E-state index contributed by atoms with van der Waals surface area (Å²) in [6, 6.07) is 16.1. The van der Waals surface area contributed by atoms with Crippen LogP contribution in [0, 0.1) is 5.82 Å². The molecule has 1 amide bonds. The molecule has 3 heterocycles. The van der Waals surface area contributed by atoms with Crippen molar-refractivity contribution in [2.75, 3.05) is 31.1 Å². The average Bonchev–Trinajstić information content (AvgIpc) is 3.13. The van der Waals surface area contributed by atoms with Gasteiger partial charge in [0.25, 0.3) is 5.91 Å². The van der Waals surface area contributed by atoms with E-state index in [9.17, 15) is 9.18 Å². The maximum atomic E-state index is 14.2. The Morgan fingerprint density at radius 1 is 0.971 bits per heavy atom. The number of halogens is 1. The fourth-order valence-corrected chi connectivity index (χ4v) is 4.41. The van der Waals surface area contributed by atoms with E-state index in [-0.39, 0.29) is 11.5 Å². The molecule has 0 N–H and O–H groups in total. The van der Waals surface area contributed by atoms with Crippen molar-refractivity contribution in [1.29, 1.82) is 0 Å². The highest BCUT2D eigenvalue weighted by Crippen LogP contribution is 2.27. The van der Waals surface area contributed by atoms with Crippen LogP contribution in [0.25, 0.3) is 16.7 Å². The molecule has 0 radical (unpaired) electrons. The molecule has 1 saturated heterocycles. The number of anilines is 1. The Morgan fingerprint density at radius 3 is 2.56 bits per heavy atom. The van der Waals surface area contributed by atoms with Gasteiger partial charge >= 0.3 is 0 Å². The zero-order chi connectivity index (χ0) is 23.5. The summed E-state index contributed by atoms with van der Waals surface area (Å²) in [5.41, 5.74) is 1.85. The molecular formula is C26H27FN6O. The Labute approximate surface area is 197 Å². The van der Waals surface area contributed by atoms with Crippen LogP contribution >= 0.6 is 0 Å². The summed E-state index contributed by atoms with van der Waals surface area (Å²) in [4.78, 5) is 26.6. The largest absolute Gasteiger partial charge is 0.354 e. The maximum absolute atomic E-state index is 14.2. The second-order valence-corrected chi connectivity index (χ2v) is 8.46. The van der Waals surface area contributed by atoms with Crippen molar-refractivity contribution >= 4 is 22.8 Å². The fraction of sp³-hybridized carbons (Fsp3) is 0.308. The lowest BCUT2D eigenvalue weighted by Crippen LogP contribution is -2.36. The summed E-state index contributed by atoms with van der Waals surface area (Å²) < 4.78 is 16.0. The van der Waals surface area contributed by atoms with Gasteiger partial charge in [-0.15, -0.1) is 0 Å². The molecule has 2 aromatic heterocycles. The lowest BCUT2D eigenvalue weighted by atomic mass is 10.2. The van der Waals surface area contributed by atoms with Crippen LogP contribution in [-0.4, -0.2) is 56.7 Å². The van der Waals surface area contributed by atoms with Gasteiger partial charge in [-0.25, -0.2) is 19.0 Å². The van der Waals surface area contributed by atoms with E-state index >= 15 is 0 Å². The van der Waals surface area contributed by atoms with Crippen molar-refractivity contribution in [2.24, 2.45) is 0 Å². The molecule has 0 unspecified atom stereocenters. The number of carbonyl (C=O) groups excluding carboxylic acids is 1. The summed E-state index contributed by atoms with van der Waals surface area (Å²) >= 11 is 0. The van der Waals surface area contributed by atoms with Crippen molar-refractivity contribution in [1.82, 2.24) is 24.6 Å². The summed E-state index contributed by atoms with van der Waals surface area (Å²) in [7, 11) is 0. The Morgan fingerprint density at radius 2 is 1.76 bits per heavy atom. The number of benzene rings is 2. The molecule has 0 spiro atoms. The number of aryl methyl sites for hydroxylation is 1. The standard InChI is InChI=1S/C26H27FN6O/c1-2-9-23-29-24(21-18-28-33(25(21)30-23)19-10-4-3-5-11-19)31-14-8-15-32(17-16-31)26(34)20-12-6-7-13-22(20)27/h3-7,10-13,18H,2,8-9,14-17H2,1H3. The van der Waals surface area contributed by atoms with Gasteiger partial charge in [-0.2, -0.15) is 5.10 Å². The number of nitrogens with zero attached hydrogens (tertiary/aromatic N) is 6. The highest BCUT2D eigenvalue weighted by molar-refractivity contribution is 5.94. The number of amides is 1. The van der Waals surface area contributed by atoms with Gasteiger partial charge in [0.05, 0.1) is 22.8 Å². The van der Waals surface area contributed by atoms with Crippen LogP contribution in [0.1, 0.15) is 35.9 Å². The SMILES string of the molecule is CCCc1nc(N2CCCN(C(=O)c3ccccc3F)CC2)c2cnn(-c3ccccc3)c2n1. The van der Waals surface area contributed by atoms with Gasteiger partial charge in [0.1, 0.15) is 17.5 Å². The molecule has 0 bridgehead atoms. The quantitative estimate of drug-likeness (QED) is 0.447. The van der Waals surface area contributed by atoms with E-state index in [0.29, 0.717) is 19.6 Å². The second kappa shape index (κ2) is 9.59. The monoisotopic (exact) mass is 458 g/mol. The van der Waals surface area contributed by atoms with E-state index in [1.54, 1.807) is 23.1 Å². The van der Waals surface area contributed by atoms with E-state index in [4.69, 9.17) is 9.97 Å². The van der Waals surface area contributed by atoms with Crippen molar-refractivity contribution in [3.63, 3.8) is 0 Å². The predicted molar refractivity (Wildman–Crippen MR) is 130 cm³/mol. The number of hydrogen-bond donors (Lipinski definition) is 0. The summed E-state index contributed by atoms with van der Waals surface area (Å²) in [6.07, 6.45) is 4.30. The smallest absolute Gasteiger partial charge is 0.256 e.